The van der Waals surface area contributed by atoms with Gasteiger partial charge in [-0.25, -0.2) is 4.39 Å². The van der Waals surface area contributed by atoms with Crippen LogP contribution < -0.4 is 10.2 Å². The van der Waals surface area contributed by atoms with Crippen molar-refractivity contribution in [2.45, 2.75) is 19.5 Å². The lowest BCUT2D eigenvalue weighted by Crippen LogP contribution is -2.41. The Morgan fingerprint density at radius 3 is 2.43 bits per heavy atom. The quantitative estimate of drug-likeness (QED) is 0.681. The van der Waals surface area contributed by atoms with E-state index in [1.54, 1.807) is 16.7 Å². The van der Waals surface area contributed by atoms with Gasteiger partial charge in [0.25, 0.3) is 5.91 Å². The van der Waals surface area contributed by atoms with E-state index >= 15 is 0 Å². The monoisotopic (exact) mass is 408 g/mol. The molecule has 30 heavy (non-hydrogen) atoms. The highest BCUT2D eigenvalue weighted by Gasteiger charge is 2.30. The number of nitrogens with zero attached hydrogens (tertiary/aromatic N) is 2. The number of amides is 1. The SMILES string of the molecule is O=C1c2c(O)c(=O)cc(OCCc3ccccc3)n2CCN1Cc1ccc(F)cc1. The molecular formula is C23H21FN2O4. The Morgan fingerprint density at radius 2 is 1.70 bits per heavy atom. The first-order chi connectivity index (χ1) is 14.5. The van der Waals surface area contributed by atoms with E-state index in [0.717, 1.165) is 11.1 Å². The number of carbonyl (C=O) groups excluding carboxylic acids is 1. The third-order valence-corrected chi connectivity index (χ3v) is 5.10. The molecule has 2 aromatic carbocycles. The van der Waals surface area contributed by atoms with Gasteiger partial charge in [0.15, 0.2) is 17.3 Å². The molecule has 1 aliphatic heterocycles. The lowest BCUT2D eigenvalue weighted by Gasteiger charge is -2.31. The summed E-state index contributed by atoms with van der Waals surface area (Å²) >= 11 is 0. The van der Waals surface area contributed by atoms with Gasteiger partial charge in [-0.3, -0.25) is 9.59 Å². The predicted octanol–water partition coefficient (Wildman–Crippen LogP) is 2.97. The third kappa shape index (κ3) is 4.05. The van der Waals surface area contributed by atoms with E-state index in [-0.39, 0.29) is 23.9 Å². The summed E-state index contributed by atoms with van der Waals surface area (Å²) in [5.74, 6) is -1.14. The van der Waals surface area contributed by atoms with Crippen molar-refractivity contribution in [3.05, 3.63) is 93.5 Å². The number of aromatic hydroxyl groups is 1. The van der Waals surface area contributed by atoms with Gasteiger partial charge in [-0.2, -0.15) is 0 Å². The van der Waals surface area contributed by atoms with Crippen LogP contribution in [0.4, 0.5) is 4.39 Å². The van der Waals surface area contributed by atoms with Gasteiger partial charge < -0.3 is 19.3 Å². The third-order valence-electron chi connectivity index (χ3n) is 5.10. The maximum Gasteiger partial charge on any atom is 0.274 e. The maximum absolute atomic E-state index is 13.1. The van der Waals surface area contributed by atoms with Crippen LogP contribution in [0.15, 0.2) is 65.5 Å². The van der Waals surface area contributed by atoms with Crippen LogP contribution in [0.3, 0.4) is 0 Å². The van der Waals surface area contributed by atoms with Crippen LogP contribution in [0.1, 0.15) is 21.6 Å². The zero-order valence-corrected chi connectivity index (χ0v) is 16.3. The average molecular weight is 408 g/mol. The van der Waals surface area contributed by atoms with Gasteiger partial charge in [-0.1, -0.05) is 42.5 Å². The molecule has 0 radical (unpaired) electrons. The molecule has 3 aromatic rings. The van der Waals surface area contributed by atoms with Gasteiger partial charge >= 0.3 is 0 Å². The average Bonchev–Trinajstić information content (AvgIpc) is 2.75. The van der Waals surface area contributed by atoms with E-state index in [1.807, 2.05) is 30.3 Å². The van der Waals surface area contributed by atoms with Crippen LogP contribution in [0.25, 0.3) is 0 Å². The second-order valence-corrected chi connectivity index (χ2v) is 7.13. The highest BCUT2D eigenvalue weighted by atomic mass is 19.1. The number of ether oxygens (including phenoxy) is 1. The van der Waals surface area contributed by atoms with Crippen LogP contribution in [0.2, 0.25) is 0 Å². The first-order valence-corrected chi connectivity index (χ1v) is 9.70. The van der Waals surface area contributed by atoms with Gasteiger partial charge in [0.1, 0.15) is 5.82 Å². The lowest BCUT2D eigenvalue weighted by molar-refractivity contribution is 0.0674. The zero-order valence-electron chi connectivity index (χ0n) is 16.3. The van der Waals surface area contributed by atoms with Crippen molar-refractivity contribution in [2.24, 2.45) is 0 Å². The fraction of sp³-hybridized carbons (Fsp3) is 0.217. The van der Waals surface area contributed by atoms with E-state index < -0.39 is 17.1 Å². The zero-order chi connectivity index (χ0) is 21.1. The van der Waals surface area contributed by atoms with Gasteiger partial charge in [0.2, 0.25) is 5.43 Å². The van der Waals surface area contributed by atoms with Crippen molar-refractivity contribution in [3.63, 3.8) is 0 Å². The summed E-state index contributed by atoms with van der Waals surface area (Å²) in [6.07, 6.45) is 0.649. The summed E-state index contributed by atoms with van der Waals surface area (Å²) in [6.45, 7) is 1.34. The minimum atomic E-state index is -0.659. The Morgan fingerprint density at radius 1 is 0.967 bits per heavy atom. The maximum atomic E-state index is 13.1. The molecule has 0 aliphatic carbocycles. The van der Waals surface area contributed by atoms with Crippen LogP contribution in [0, 0.1) is 5.82 Å². The highest BCUT2D eigenvalue weighted by Crippen LogP contribution is 2.26. The smallest absolute Gasteiger partial charge is 0.274 e. The summed E-state index contributed by atoms with van der Waals surface area (Å²) in [6, 6.07) is 16.9. The van der Waals surface area contributed by atoms with Gasteiger partial charge in [0.05, 0.1) is 6.61 Å². The fourth-order valence-electron chi connectivity index (χ4n) is 3.52. The fourth-order valence-corrected chi connectivity index (χ4v) is 3.52. The summed E-state index contributed by atoms with van der Waals surface area (Å²) in [4.78, 5) is 26.7. The first-order valence-electron chi connectivity index (χ1n) is 9.70. The molecule has 0 unspecified atom stereocenters. The number of benzene rings is 2. The summed E-state index contributed by atoms with van der Waals surface area (Å²) in [5.41, 5.74) is 1.12. The number of carbonyl (C=O) groups is 1. The molecule has 1 N–H and O–H groups in total. The van der Waals surface area contributed by atoms with Crippen molar-refractivity contribution in [1.29, 1.82) is 0 Å². The molecule has 0 spiro atoms. The van der Waals surface area contributed by atoms with Crippen LogP contribution >= 0.6 is 0 Å². The highest BCUT2D eigenvalue weighted by molar-refractivity contribution is 5.96. The molecule has 2 heterocycles. The minimum absolute atomic E-state index is 0.0782. The molecular weight excluding hydrogens is 387 g/mol. The molecule has 154 valence electrons. The number of hydrogen-bond donors (Lipinski definition) is 1. The topological polar surface area (TPSA) is 71.8 Å². The molecule has 7 heteroatoms. The van der Waals surface area contributed by atoms with Crippen LogP contribution in [-0.2, 0) is 19.5 Å². The van der Waals surface area contributed by atoms with E-state index in [4.69, 9.17) is 4.74 Å². The van der Waals surface area contributed by atoms with Gasteiger partial charge in [0, 0.05) is 32.1 Å². The van der Waals surface area contributed by atoms with E-state index in [0.29, 0.717) is 26.1 Å². The van der Waals surface area contributed by atoms with Gasteiger partial charge in [-0.05, 0) is 23.3 Å². The molecule has 0 fully saturated rings. The number of rotatable bonds is 6. The number of hydrogen-bond acceptors (Lipinski definition) is 4. The molecule has 0 atom stereocenters. The Kier molecular flexibility index (Phi) is 5.52. The second kappa shape index (κ2) is 8.41. The molecule has 1 aliphatic rings. The largest absolute Gasteiger partial charge is 0.503 e. The molecule has 0 saturated carbocycles. The molecule has 0 saturated heterocycles. The number of pyridine rings is 1. The number of fused-ring (bicyclic) bond motifs is 1. The second-order valence-electron chi connectivity index (χ2n) is 7.13. The minimum Gasteiger partial charge on any atom is -0.503 e. The normalized spacial score (nSPS) is 13.2. The molecule has 4 rings (SSSR count). The van der Waals surface area contributed by atoms with E-state index in [9.17, 15) is 19.1 Å². The molecule has 1 aromatic heterocycles. The standard InChI is InChI=1S/C23H21FN2O4/c24-18-8-6-17(7-9-18)15-25-11-12-26-20(14-19(27)22(28)21(26)23(25)29)30-13-10-16-4-2-1-3-5-16/h1-9,14,28H,10-13,15H2. The predicted molar refractivity (Wildman–Crippen MR) is 109 cm³/mol. The summed E-state index contributed by atoms with van der Waals surface area (Å²) < 4.78 is 20.5. The van der Waals surface area contributed by atoms with Crippen LogP contribution in [-0.4, -0.2) is 33.6 Å². The summed E-state index contributed by atoms with van der Waals surface area (Å²) in [7, 11) is 0. The number of halogens is 1. The molecule has 0 bridgehead atoms. The Hall–Kier alpha value is -3.61. The van der Waals surface area contributed by atoms with Crippen molar-refractivity contribution in [2.75, 3.05) is 13.2 Å². The van der Waals surface area contributed by atoms with Crippen molar-refractivity contribution >= 4 is 5.91 Å². The van der Waals surface area contributed by atoms with Crippen molar-refractivity contribution in [3.8, 4) is 11.6 Å². The Labute approximate surface area is 172 Å². The molecule has 6 nitrogen and oxygen atoms in total. The van der Waals surface area contributed by atoms with Crippen molar-refractivity contribution in [1.82, 2.24) is 9.47 Å². The Balaban J connectivity index is 1.54. The van der Waals surface area contributed by atoms with Crippen molar-refractivity contribution < 1.29 is 19.0 Å². The van der Waals surface area contributed by atoms with E-state index in [2.05, 4.69) is 0 Å². The lowest BCUT2D eigenvalue weighted by atomic mass is 10.1. The summed E-state index contributed by atoms with van der Waals surface area (Å²) in [5, 5.41) is 10.3. The van der Waals surface area contributed by atoms with Crippen LogP contribution in [0.5, 0.6) is 11.6 Å². The first kappa shape index (κ1) is 19.7. The Bertz CT molecular complexity index is 1110. The van der Waals surface area contributed by atoms with E-state index in [1.165, 1.54) is 23.1 Å². The molecule has 1 amide bonds. The van der Waals surface area contributed by atoms with Gasteiger partial charge in [-0.15, -0.1) is 0 Å². The number of aromatic nitrogens is 1.